The summed E-state index contributed by atoms with van der Waals surface area (Å²) in [4.78, 5) is 0. The van der Waals surface area contributed by atoms with Gasteiger partial charge >= 0.3 is 0 Å². The van der Waals surface area contributed by atoms with Gasteiger partial charge in [0.2, 0.25) is 0 Å². The number of aromatic nitrogens is 1. The molecule has 0 N–H and O–H groups in total. The fourth-order valence-corrected chi connectivity index (χ4v) is 4.08. The lowest BCUT2D eigenvalue weighted by Crippen LogP contribution is -1.94. The lowest BCUT2D eigenvalue weighted by molar-refractivity contribution is 0.962. The average Bonchev–Trinajstić information content (AvgIpc) is 3.07. The Morgan fingerprint density at radius 3 is 2.07 bits per heavy atom. The Hall–Kier alpha value is -3.32. The number of aryl methyl sites for hydroxylation is 3. The Bertz CT molecular complexity index is 1240. The summed E-state index contributed by atoms with van der Waals surface area (Å²) >= 11 is 0. The minimum atomic E-state index is 1.06. The zero-order valence-corrected chi connectivity index (χ0v) is 16.1. The van der Waals surface area contributed by atoms with Crippen LogP contribution in [0.5, 0.6) is 0 Å². The Kier molecular flexibility index (Phi) is 4.21. The average molecular weight is 361 g/mol. The second-order valence-electron chi connectivity index (χ2n) is 7.53. The number of hydrogen-bond donors (Lipinski definition) is 0. The van der Waals surface area contributed by atoms with Gasteiger partial charge < -0.3 is 4.57 Å². The third-order valence-corrected chi connectivity index (χ3v) is 5.57. The van der Waals surface area contributed by atoms with Crippen molar-refractivity contribution in [1.29, 1.82) is 0 Å². The summed E-state index contributed by atoms with van der Waals surface area (Å²) in [5.41, 5.74) is 7.82. The Balaban J connectivity index is 1.61. The van der Waals surface area contributed by atoms with Crippen molar-refractivity contribution >= 4 is 21.8 Å². The first-order valence-electron chi connectivity index (χ1n) is 9.93. The van der Waals surface area contributed by atoms with Gasteiger partial charge in [-0.3, -0.25) is 0 Å². The van der Waals surface area contributed by atoms with E-state index in [9.17, 15) is 0 Å². The fourth-order valence-electron chi connectivity index (χ4n) is 4.08. The van der Waals surface area contributed by atoms with Crippen molar-refractivity contribution in [3.05, 3.63) is 114 Å². The van der Waals surface area contributed by atoms with E-state index in [2.05, 4.69) is 109 Å². The summed E-state index contributed by atoms with van der Waals surface area (Å²) < 4.78 is 2.38. The lowest BCUT2D eigenvalue weighted by atomic mass is 10.0. The molecule has 1 heteroatoms. The molecule has 5 rings (SSSR count). The Morgan fingerprint density at radius 1 is 0.571 bits per heavy atom. The van der Waals surface area contributed by atoms with Crippen LogP contribution in [0.25, 0.3) is 27.5 Å². The van der Waals surface area contributed by atoms with Crippen molar-refractivity contribution < 1.29 is 0 Å². The van der Waals surface area contributed by atoms with E-state index in [4.69, 9.17) is 0 Å². The summed E-state index contributed by atoms with van der Waals surface area (Å²) in [5.74, 6) is 0. The molecule has 0 aliphatic carbocycles. The van der Waals surface area contributed by atoms with Gasteiger partial charge in [0.05, 0.1) is 11.0 Å². The molecule has 0 aliphatic rings. The highest BCUT2D eigenvalue weighted by atomic mass is 15.0. The molecular weight excluding hydrogens is 338 g/mol. The molecule has 136 valence electrons. The molecule has 1 nitrogen and oxygen atoms in total. The van der Waals surface area contributed by atoms with Crippen LogP contribution in [0.3, 0.4) is 0 Å². The van der Waals surface area contributed by atoms with Gasteiger partial charge in [-0.1, -0.05) is 72.3 Å². The molecule has 0 amide bonds. The van der Waals surface area contributed by atoms with Gasteiger partial charge in [0, 0.05) is 16.5 Å². The van der Waals surface area contributed by atoms with Crippen LogP contribution in [0.4, 0.5) is 0 Å². The Labute approximate surface area is 165 Å². The quantitative estimate of drug-likeness (QED) is 0.329. The first-order valence-corrected chi connectivity index (χ1v) is 9.93. The molecule has 0 bridgehead atoms. The summed E-state index contributed by atoms with van der Waals surface area (Å²) in [6.45, 7) is 2.13. The topological polar surface area (TPSA) is 4.93 Å². The van der Waals surface area contributed by atoms with Gasteiger partial charge in [-0.25, -0.2) is 0 Å². The highest BCUT2D eigenvalue weighted by Gasteiger charge is 2.12. The number of benzene rings is 4. The van der Waals surface area contributed by atoms with Crippen LogP contribution in [0, 0.1) is 6.92 Å². The predicted molar refractivity (Wildman–Crippen MR) is 119 cm³/mol. The van der Waals surface area contributed by atoms with E-state index in [0.29, 0.717) is 0 Å². The van der Waals surface area contributed by atoms with Crippen LogP contribution in [0.15, 0.2) is 97.1 Å². The summed E-state index contributed by atoms with van der Waals surface area (Å²) in [6.07, 6.45) is 2.13. The van der Waals surface area contributed by atoms with E-state index >= 15 is 0 Å². The predicted octanol–water partition coefficient (Wildman–Crippen LogP) is 6.88. The van der Waals surface area contributed by atoms with Crippen molar-refractivity contribution in [1.82, 2.24) is 4.57 Å². The van der Waals surface area contributed by atoms with Gasteiger partial charge in [-0.15, -0.1) is 0 Å². The molecule has 1 aromatic heterocycles. The van der Waals surface area contributed by atoms with Crippen LogP contribution in [-0.2, 0) is 12.8 Å². The molecule has 0 saturated carbocycles. The zero-order chi connectivity index (χ0) is 18.9. The van der Waals surface area contributed by atoms with Gasteiger partial charge in [0.15, 0.2) is 0 Å². The van der Waals surface area contributed by atoms with Gasteiger partial charge in [-0.2, -0.15) is 0 Å². The first kappa shape index (κ1) is 16.8. The number of fused-ring (bicyclic) bond motifs is 3. The monoisotopic (exact) mass is 361 g/mol. The van der Waals surface area contributed by atoms with E-state index in [1.54, 1.807) is 0 Å². The van der Waals surface area contributed by atoms with Crippen molar-refractivity contribution in [3.8, 4) is 5.69 Å². The van der Waals surface area contributed by atoms with Crippen LogP contribution in [0.2, 0.25) is 0 Å². The normalized spacial score (nSPS) is 11.3. The second-order valence-corrected chi connectivity index (χ2v) is 7.53. The summed E-state index contributed by atoms with van der Waals surface area (Å²) in [7, 11) is 0. The molecule has 0 unspecified atom stereocenters. The molecule has 0 radical (unpaired) electrons. The molecule has 0 aliphatic heterocycles. The molecule has 28 heavy (non-hydrogen) atoms. The summed E-state index contributed by atoms with van der Waals surface area (Å²) in [6, 6.07) is 35.2. The number of rotatable bonds is 4. The first-order chi connectivity index (χ1) is 13.8. The molecule has 1 heterocycles. The maximum Gasteiger partial charge on any atom is 0.0541 e. The molecule has 5 aromatic rings. The second kappa shape index (κ2) is 7.01. The van der Waals surface area contributed by atoms with E-state index in [1.165, 1.54) is 44.2 Å². The number of hydrogen-bond acceptors (Lipinski definition) is 0. The summed E-state index contributed by atoms with van der Waals surface area (Å²) in [5, 5.41) is 2.65. The van der Waals surface area contributed by atoms with Gasteiger partial charge in [-0.05, 0) is 61.2 Å². The van der Waals surface area contributed by atoms with E-state index in [-0.39, 0.29) is 0 Å². The standard InChI is InChI=1S/C27H23N/c1-20-11-16-23(17-12-20)28-26-10-6-5-9-24(26)25-19-22(15-18-27(25)28)14-13-21-7-3-2-4-8-21/h2-12,15-19H,13-14H2,1H3. The lowest BCUT2D eigenvalue weighted by Gasteiger charge is -2.08. The maximum absolute atomic E-state index is 2.38. The van der Waals surface area contributed by atoms with Gasteiger partial charge in [0.25, 0.3) is 0 Å². The minimum absolute atomic E-state index is 1.06. The maximum atomic E-state index is 2.38. The van der Waals surface area contributed by atoms with E-state index in [1.807, 2.05) is 0 Å². The number of nitrogens with zero attached hydrogens (tertiary/aromatic N) is 1. The third kappa shape index (κ3) is 2.99. The smallest absolute Gasteiger partial charge is 0.0541 e. The highest BCUT2D eigenvalue weighted by Crippen LogP contribution is 2.32. The Morgan fingerprint density at radius 2 is 1.25 bits per heavy atom. The molecule has 0 atom stereocenters. The van der Waals surface area contributed by atoms with Crippen molar-refractivity contribution in [3.63, 3.8) is 0 Å². The molecule has 0 spiro atoms. The van der Waals surface area contributed by atoms with Crippen LogP contribution < -0.4 is 0 Å². The number of para-hydroxylation sites is 1. The molecule has 0 fully saturated rings. The SMILES string of the molecule is Cc1ccc(-n2c3ccccc3c3cc(CCc4ccccc4)ccc32)cc1. The third-order valence-electron chi connectivity index (χ3n) is 5.57. The molecule has 0 saturated heterocycles. The molecule has 4 aromatic carbocycles. The van der Waals surface area contributed by atoms with Crippen molar-refractivity contribution in [2.24, 2.45) is 0 Å². The largest absolute Gasteiger partial charge is 0.309 e. The van der Waals surface area contributed by atoms with E-state index in [0.717, 1.165) is 12.8 Å². The zero-order valence-electron chi connectivity index (χ0n) is 16.1. The van der Waals surface area contributed by atoms with Crippen molar-refractivity contribution in [2.45, 2.75) is 19.8 Å². The minimum Gasteiger partial charge on any atom is -0.309 e. The van der Waals surface area contributed by atoms with Crippen LogP contribution >= 0.6 is 0 Å². The molecular formula is C27H23N. The van der Waals surface area contributed by atoms with Gasteiger partial charge in [0.1, 0.15) is 0 Å². The highest BCUT2D eigenvalue weighted by molar-refractivity contribution is 6.09. The van der Waals surface area contributed by atoms with Crippen LogP contribution in [-0.4, -0.2) is 4.57 Å². The van der Waals surface area contributed by atoms with Crippen LogP contribution in [0.1, 0.15) is 16.7 Å². The van der Waals surface area contributed by atoms with E-state index < -0.39 is 0 Å². The van der Waals surface area contributed by atoms with Crippen molar-refractivity contribution in [2.75, 3.05) is 0 Å². The fraction of sp³-hybridized carbons (Fsp3) is 0.111.